The minimum absolute atomic E-state index is 0.713. The van der Waals surface area contributed by atoms with E-state index in [0.29, 0.717) is 6.04 Å². The minimum Gasteiger partial charge on any atom is -0.238 e. The average Bonchev–Trinajstić information content (AvgIpc) is 2.15. The van der Waals surface area contributed by atoms with E-state index in [4.69, 9.17) is 0 Å². The first-order chi connectivity index (χ1) is 4.29. The van der Waals surface area contributed by atoms with E-state index in [1.807, 2.05) is 0 Å². The van der Waals surface area contributed by atoms with Gasteiger partial charge in [-0.15, -0.1) is 0 Å². The van der Waals surface area contributed by atoms with Gasteiger partial charge in [-0.3, -0.25) is 0 Å². The molecule has 0 aromatic rings. The van der Waals surface area contributed by atoms with Crippen LogP contribution >= 0.6 is 0 Å². The highest BCUT2D eigenvalue weighted by atomic mass is 14.9. The third kappa shape index (κ3) is 2.35. The third-order valence-electron chi connectivity index (χ3n) is 1.83. The highest BCUT2D eigenvalue weighted by Gasteiger charge is 2.15. The summed E-state index contributed by atoms with van der Waals surface area (Å²) in [6.45, 7) is 5.67. The van der Waals surface area contributed by atoms with Gasteiger partial charge in [0.15, 0.2) is 0 Å². The lowest BCUT2D eigenvalue weighted by Gasteiger charge is -2.09. The lowest BCUT2D eigenvalue weighted by atomic mass is 10.0. The van der Waals surface area contributed by atoms with Crippen molar-refractivity contribution in [2.45, 2.75) is 39.2 Å². The monoisotopic (exact) mass is 126 g/mol. The zero-order valence-corrected chi connectivity index (χ0v) is 6.43. The Morgan fingerprint density at radius 1 is 1.56 bits per heavy atom. The highest BCUT2D eigenvalue weighted by Crippen LogP contribution is 2.14. The van der Waals surface area contributed by atoms with E-state index in [-0.39, 0.29) is 0 Å². The Morgan fingerprint density at radius 3 is 2.78 bits per heavy atom. The quantitative estimate of drug-likeness (QED) is 0.535. The van der Waals surface area contributed by atoms with Crippen LogP contribution in [0.5, 0.6) is 0 Å². The Morgan fingerprint density at radius 2 is 2.33 bits per heavy atom. The molecule has 0 spiro atoms. The molecule has 1 heteroatoms. The summed E-state index contributed by atoms with van der Waals surface area (Å²) < 4.78 is 0. The molecule has 0 aliphatic carbocycles. The number of nitrogens with zero attached hydrogens (tertiary/aromatic N) is 1. The lowest BCUT2D eigenvalue weighted by Crippen LogP contribution is -2.16. The molecule has 1 nitrogen and oxygen atoms in total. The van der Waals surface area contributed by atoms with Gasteiger partial charge in [0.1, 0.15) is 0 Å². The Hall–Kier alpha value is -0.0400. The fraction of sp³-hybridized carbons (Fsp3) is 1.00. The second kappa shape index (κ2) is 3.21. The topological polar surface area (TPSA) is 14.1 Å². The Labute approximate surface area is 57.8 Å². The fourth-order valence-electron chi connectivity index (χ4n) is 1.43. The summed E-state index contributed by atoms with van der Waals surface area (Å²) >= 11 is 0. The van der Waals surface area contributed by atoms with Crippen molar-refractivity contribution in [1.82, 2.24) is 5.32 Å². The molecule has 1 aliphatic heterocycles. The van der Waals surface area contributed by atoms with Crippen molar-refractivity contribution < 1.29 is 0 Å². The normalized spacial score (nSPS) is 27.7. The zero-order chi connectivity index (χ0) is 6.69. The van der Waals surface area contributed by atoms with Gasteiger partial charge in [0, 0.05) is 12.6 Å². The molecule has 9 heavy (non-hydrogen) atoms. The molecule has 1 fully saturated rings. The van der Waals surface area contributed by atoms with Gasteiger partial charge in [-0.05, 0) is 25.2 Å². The van der Waals surface area contributed by atoms with E-state index in [1.165, 1.54) is 19.3 Å². The molecule has 1 atom stereocenters. The van der Waals surface area contributed by atoms with Gasteiger partial charge in [-0.1, -0.05) is 13.8 Å². The van der Waals surface area contributed by atoms with Crippen molar-refractivity contribution in [2.24, 2.45) is 5.92 Å². The second-order valence-corrected chi connectivity index (χ2v) is 3.33. The average molecular weight is 126 g/mol. The number of hydrogen-bond donors (Lipinski definition) is 0. The summed E-state index contributed by atoms with van der Waals surface area (Å²) in [6, 6.07) is 0.713. The standard InChI is InChI=1S/C8H16N/c1-7(2)6-8-4-3-5-9-8/h7-8H,3-6H2,1-2H3. The molecule has 0 bridgehead atoms. The van der Waals surface area contributed by atoms with E-state index in [0.717, 1.165) is 12.5 Å². The molecule has 1 unspecified atom stereocenters. The summed E-state index contributed by atoms with van der Waals surface area (Å²) in [7, 11) is 0. The van der Waals surface area contributed by atoms with Crippen molar-refractivity contribution in [3.8, 4) is 0 Å². The molecule has 1 saturated heterocycles. The Balaban J connectivity index is 2.11. The van der Waals surface area contributed by atoms with Crippen LogP contribution in [0.1, 0.15) is 33.1 Å². The van der Waals surface area contributed by atoms with Crippen molar-refractivity contribution in [2.75, 3.05) is 6.54 Å². The fourth-order valence-corrected chi connectivity index (χ4v) is 1.43. The smallest absolute Gasteiger partial charge is 0.0248 e. The summed E-state index contributed by atoms with van der Waals surface area (Å²) in [5, 5.41) is 4.48. The van der Waals surface area contributed by atoms with Crippen molar-refractivity contribution in [3.63, 3.8) is 0 Å². The first kappa shape index (κ1) is 7.07. The molecule has 1 heterocycles. The predicted molar refractivity (Wildman–Crippen MR) is 39.5 cm³/mol. The maximum Gasteiger partial charge on any atom is 0.0248 e. The molecule has 1 aliphatic rings. The van der Waals surface area contributed by atoms with Gasteiger partial charge in [-0.2, -0.15) is 0 Å². The largest absolute Gasteiger partial charge is 0.238 e. The summed E-state index contributed by atoms with van der Waals surface area (Å²) in [6.07, 6.45) is 3.98. The van der Waals surface area contributed by atoms with Crippen LogP contribution in [-0.4, -0.2) is 12.6 Å². The molecule has 0 N–H and O–H groups in total. The summed E-state index contributed by atoms with van der Waals surface area (Å²) in [4.78, 5) is 0. The second-order valence-electron chi connectivity index (χ2n) is 3.33. The first-order valence-corrected chi connectivity index (χ1v) is 3.95. The molecular formula is C8H16N. The summed E-state index contributed by atoms with van der Waals surface area (Å²) in [5.41, 5.74) is 0. The third-order valence-corrected chi connectivity index (χ3v) is 1.83. The van der Waals surface area contributed by atoms with Gasteiger partial charge in [0.25, 0.3) is 0 Å². The van der Waals surface area contributed by atoms with Crippen LogP contribution < -0.4 is 5.32 Å². The number of hydrogen-bond acceptors (Lipinski definition) is 0. The Kier molecular flexibility index (Phi) is 2.52. The Bertz CT molecular complexity index is 72.6. The lowest BCUT2D eigenvalue weighted by molar-refractivity contribution is 0.459. The summed E-state index contributed by atoms with van der Waals surface area (Å²) in [5.74, 6) is 0.830. The molecule has 0 amide bonds. The molecule has 1 rings (SSSR count). The van der Waals surface area contributed by atoms with Crippen LogP contribution in [0.3, 0.4) is 0 Å². The molecule has 53 valence electrons. The molecule has 1 radical (unpaired) electrons. The van der Waals surface area contributed by atoms with Crippen LogP contribution in [-0.2, 0) is 0 Å². The maximum atomic E-state index is 4.48. The van der Waals surface area contributed by atoms with Gasteiger partial charge >= 0.3 is 0 Å². The van der Waals surface area contributed by atoms with Crippen molar-refractivity contribution >= 4 is 0 Å². The van der Waals surface area contributed by atoms with E-state index >= 15 is 0 Å². The first-order valence-electron chi connectivity index (χ1n) is 3.95. The highest BCUT2D eigenvalue weighted by molar-refractivity contribution is 4.74. The van der Waals surface area contributed by atoms with Crippen LogP contribution in [0, 0.1) is 5.92 Å². The molecular weight excluding hydrogens is 110 g/mol. The predicted octanol–water partition coefficient (Wildman–Crippen LogP) is 1.80. The molecule has 0 aromatic heterocycles. The zero-order valence-electron chi connectivity index (χ0n) is 6.43. The molecule has 0 saturated carbocycles. The number of rotatable bonds is 2. The van der Waals surface area contributed by atoms with E-state index in [9.17, 15) is 0 Å². The van der Waals surface area contributed by atoms with Crippen LogP contribution in [0.4, 0.5) is 0 Å². The van der Waals surface area contributed by atoms with Gasteiger partial charge in [0.2, 0.25) is 0 Å². The van der Waals surface area contributed by atoms with Gasteiger partial charge in [-0.25, -0.2) is 5.32 Å². The van der Waals surface area contributed by atoms with Crippen molar-refractivity contribution in [3.05, 3.63) is 0 Å². The minimum atomic E-state index is 0.713. The van der Waals surface area contributed by atoms with Gasteiger partial charge in [0.05, 0.1) is 0 Å². The molecule has 0 aromatic carbocycles. The van der Waals surface area contributed by atoms with E-state index < -0.39 is 0 Å². The van der Waals surface area contributed by atoms with E-state index in [2.05, 4.69) is 19.2 Å². The van der Waals surface area contributed by atoms with Crippen molar-refractivity contribution in [1.29, 1.82) is 0 Å². The van der Waals surface area contributed by atoms with Crippen LogP contribution in [0.25, 0.3) is 0 Å². The SMILES string of the molecule is CC(C)CC1CCC[N]1. The van der Waals surface area contributed by atoms with E-state index in [1.54, 1.807) is 0 Å². The van der Waals surface area contributed by atoms with Crippen LogP contribution in [0.2, 0.25) is 0 Å². The van der Waals surface area contributed by atoms with Gasteiger partial charge < -0.3 is 0 Å². The maximum absolute atomic E-state index is 4.48. The van der Waals surface area contributed by atoms with Crippen LogP contribution in [0.15, 0.2) is 0 Å².